The van der Waals surface area contributed by atoms with Gasteiger partial charge in [0.2, 0.25) is 0 Å². The van der Waals surface area contributed by atoms with Crippen molar-refractivity contribution in [1.82, 2.24) is 4.90 Å². The molecule has 1 N–H and O–H groups in total. The van der Waals surface area contributed by atoms with Crippen molar-refractivity contribution in [2.45, 2.75) is 32.1 Å². The zero-order valence-corrected chi connectivity index (χ0v) is 13.7. The van der Waals surface area contributed by atoms with Gasteiger partial charge in [0.15, 0.2) is 6.10 Å². The fraction of sp³-hybridized carbons (Fsp3) is 0.316. The second kappa shape index (κ2) is 7.79. The van der Waals surface area contributed by atoms with Crippen molar-refractivity contribution in [2.24, 2.45) is 0 Å². The summed E-state index contributed by atoms with van der Waals surface area (Å²) in [4.78, 5) is 14.0. The molecule has 4 nitrogen and oxygen atoms in total. The highest BCUT2D eigenvalue weighted by molar-refractivity contribution is 5.81. The maximum absolute atomic E-state index is 12.5. The zero-order valence-electron chi connectivity index (χ0n) is 13.7. The van der Waals surface area contributed by atoms with Crippen LogP contribution in [0, 0.1) is 0 Å². The lowest BCUT2D eigenvalue weighted by molar-refractivity contribution is -0.140. The Morgan fingerprint density at radius 1 is 1.00 bits per heavy atom. The van der Waals surface area contributed by atoms with Gasteiger partial charge in [-0.3, -0.25) is 4.79 Å². The third-order valence-electron chi connectivity index (χ3n) is 3.96. The first-order valence-corrected chi connectivity index (χ1v) is 7.72. The molecule has 0 aliphatic heterocycles. The van der Waals surface area contributed by atoms with Crippen molar-refractivity contribution in [2.75, 3.05) is 7.05 Å². The molecule has 122 valence electrons. The van der Waals surface area contributed by atoms with Gasteiger partial charge in [0.05, 0.1) is 12.1 Å². The molecule has 4 heteroatoms. The summed E-state index contributed by atoms with van der Waals surface area (Å²) in [7, 11) is 1.68. The smallest absolute Gasteiger partial charge is 0.263 e. The molecule has 3 unspecified atom stereocenters. The molecular formula is C19H23NO3. The molecule has 0 aromatic heterocycles. The fourth-order valence-corrected chi connectivity index (χ4v) is 2.38. The summed E-state index contributed by atoms with van der Waals surface area (Å²) in [5, 5.41) is 10.4. The van der Waals surface area contributed by atoms with Crippen LogP contribution in [0.4, 0.5) is 0 Å². The Morgan fingerprint density at radius 2 is 1.52 bits per heavy atom. The molecule has 1 amide bonds. The normalized spacial score (nSPS) is 14.6. The summed E-state index contributed by atoms with van der Waals surface area (Å²) < 4.78 is 5.66. The molecule has 0 heterocycles. The number of rotatable bonds is 6. The molecule has 0 bridgehead atoms. The summed E-state index contributed by atoms with van der Waals surface area (Å²) in [6.45, 7) is 3.54. The van der Waals surface area contributed by atoms with Crippen molar-refractivity contribution in [3.63, 3.8) is 0 Å². The maximum Gasteiger partial charge on any atom is 0.263 e. The monoisotopic (exact) mass is 313 g/mol. The van der Waals surface area contributed by atoms with E-state index in [-0.39, 0.29) is 11.9 Å². The zero-order chi connectivity index (χ0) is 16.8. The second-order valence-electron chi connectivity index (χ2n) is 5.62. The van der Waals surface area contributed by atoms with Crippen LogP contribution in [-0.4, -0.2) is 35.1 Å². The van der Waals surface area contributed by atoms with E-state index in [1.54, 1.807) is 14.0 Å². The van der Waals surface area contributed by atoms with Crippen molar-refractivity contribution in [3.8, 4) is 5.75 Å². The van der Waals surface area contributed by atoms with Gasteiger partial charge in [-0.2, -0.15) is 0 Å². The minimum absolute atomic E-state index is 0.170. The second-order valence-corrected chi connectivity index (χ2v) is 5.62. The molecule has 0 aliphatic carbocycles. The lowest BCUT2D eigenvalue weighted by atomic mass is 10.0. The first kappa shape index (κ1) is 17.0. The Labute approximate surface area is 137 Å². The van der Waals surface area contributed by atoms with Gasteiger partial charge in [0.1, 0.15) is 5.75 Å². The average Bonchev–Trinajstić information content (AvgIpc) is 2.60. The van der Waals surface area contributed by atoms with Crippen LogP contribution in [-0.2, 0) is 4.79 Å². The van der Waals surface area contributed by atoms with Crippen molar-refractivity contribution < 1.29 is 14.6 Å². The van der Waals surface area contributed by atoms with Crippen molar-refractivity contribution in [3.05, 3.63) is 66.2 Å². The lowest BCUT2D eigenvalue weighted by Gasteiger charge is -2.31. The highest BCUT2D eigenvalue weighted by Crippen LogP contribution is 2.21. The molecule has 0 aliphatic rings. The van der Waals surface area contributed by atoms with E-state index in [4.69, 9.17) is 4.74 Å². The molecule has 0 saturated carbocycles. The average molecular weight is 313 g/mol. The molecule has 2 aromatic rings. The van der Waals surface area contributed by atoms with Gasteiger partial charge >= 0.3 is 0 Å². The van der Waals surface area contributed by atoms with Gasteiger partial charge in [-0.05, 0) is 31.5 Å². The Hall–Kier alpha value is -2.33. The highest BCUT2D eigenvalue weighted by atomic mass is 16.5. The Kier molecular flexibility index (Phi) is 5.77. The third kappa shape index (κ3) is 4.33. The van der Waals surface area contributed by atoms with Gasteiger partial charge in [-0.25, -0.2) is 0 Å². The first-order chi connectivity index (χ1) is 11.0. The summed E-state index contributed by atoms with van der Waals surface area (Å²) >= 11 is 0. The van der Waals surface area contributed by atoms with E-state index in [0.717, 1.165) is 5.56 Å². The van der Waals surface area contributed by atoms with Crippen LogP contribution >= 0.6 is 0 Å². The number of hydrogen-bond donors (Lipinski definition) is 1. The molecule has 0 spiro atoms. The summed E-state index contributed by atoms with van der Waals surface area (Å²) in [5.74, 6) is 0.481. The van der Waals surface area contributed by atoms with Crippen LogP contribution in [0.1, 0.15) is 25.5 Å². The van der Waals surface area contributed by atoms with E-state index in [1.165, 1.54) is 4.90 Å². The van der Waals surface area contributed by atoms with Gasteiger partial charge < -0.3 is 14.7 Å². The Morgan fingerprint density at radius 3 is 2.09 bits per heavy atom. The maximum atomic E-state index is 12.5. The highest BCUT2D eigenvalue weighted by Gasteiger charge is 2.27. The van der Waals surface area contributed by atoms with Crippen LogP contribution < -0.4 is 4.74 Å². The van der Waals surface area contributed by atoms with Crippen LogP contribution in [0.25, 0.3) is 0 Å². The van der Waals surface area contributed by atoms with E-state index in [2.05, 4.69) is 0 Å². The minimum Gasteiger partial charge on any atom is -0.481 e. The number of amides is 1. The van der Waals surface area contributed by atoms with E-state index in [9.17, 15) is 9.90 Å². The Balaban J connectivity index is 2.00. The van der Waals surface area contributed by atoms with Gasteiger partial charge in [-0.1, -0.05) is 48.5 Å². The molecule has 2 aromatic carbocycles. The molecule has 2 rings (SSSR count). The topological polar surface area (TPSA) is 49.8 Å². The fourth-order valence-electron chi connectivity index (χ4n) is 2.38. The predicted octanol–water partition coefficient (Wildman–Crippen LogP) is 3.03. The predicted molar refractivity (Wildman–Crippen MR) is 90.2 cm³/mol. The number of ether oxygens (including phenoxy) is 1. The summed E-state index contributed by atoms with van der Waals surface area (Å²) in [6, 6.07) is 18.2. The first-order valence-electron chi connectivity index (χ1n) is 7.72. The van der Waals surface area contributed by atoms with Crippen LogP contribution in [0.5, 0.6) is 5.75 Å². The number of benzene rings is 2. The van der Waals surface area contributed by atoms with Crippen LogP contribution in [0.15, 0.2) is 60.7 Å². The third-order valence-corrected chi connectivity index (χ3v) is 3.96. The summed E-state index contributed by atoms with van der Waals surface area (Å²) in [6.07, 6.45) is -1.36. The number of nitrogens with zero attached hydrogens (tertiary/aromatic N) is 1. The molecule has 23 heavy (non-hydrogen) atoms. The Bertz CT molecular complexity index is 615. The van der Waals surface area contributed by atoms with Gasteiger partial charge in [0, 0.05) is 7.05 Å². The van der Waals surface area contributed by atoms with E-state index >= 15 is 0 Å². The number of likely N-dealkylation sites (N-methyl/N-ethyl adjacent to an activating group) is 1. The minimum atomic E-state index is -0.742. The quantitative estimate of drug-likeness (QED) is 0.892. The summed E-state index contributed by atoms with van der Waals surface area (Å²) in [5.41, 5.74) is 0.788. The molecule has 0 radical (unpaired) electrons. The number of carbonyl (C=O) groups is 1. The van der Waals surface area contributed by atoms with E-state index in [1.807, 2.05) is 67.6 Å². The molecule has 3 atom stereocenters. The standard InChI is InChI=1S/C19H23NO3/c1-14(18(21)16-10-6-4-7-11-16)20(3)19(22)15(2)23-17-12-8-5-9-13-17/h4-15,18,21H,1-3H3. The number of aliphatic hydroxyl groups is 1. The van der Waals surface area contributed by atoms with Crippen molar-refractivity contribution in [1.29, 1.82) is 0 Å². The number of carbonyl (C=O) groups excluding carboxylic acids is 1. The molecular weight excluding hydrogens is 290 g/mol. The molecule has 0 saturated heterocycles. The number of aliphatic hydroxyl groups excluding tert-OH is 1. The van der Waals surface area contributed by atoms with Gasteiger partial charge in [-0.15, -0.1) is 0 Å². The van der Waals surface area contributed by atoms with E-state index < -0.39 is 12.2 Å². The van der Waals surface area contributed by atoms with Crippen LogP contribution in [0.2, 0.25) is 0 Å². The van der Waals surface area contributed by atoms with Gasteiger partial charge in [0.25, 0.3) is 5.91 Å². The molecule has 0 fully saturated rings. The SMILES string of the molecule is CC(Oc1ccccc1)C(=O)N(C)C(C)C(O)c1ccccc1. The van der Waals surface area contributed by atoms with E-state index in [0.29, 0.717) is 5.75 Å². The van der Waals surface area contributed by atoms with Crippen LogP contribution in [0.3, 0.4) is 0 Å². The van der Waals surface area contributed by atoms with Crippen molar-refractivity contribution >= 4 is 5.91 Å². The number of para-hydroxylation sites is 1. The number of hydrogen-bond acceptors (Lipinski definition) is 3. The lowest BCUT2D eigenvalue weighted by Crippen LogP contribution is -2.45. The largest absolute Gasteiger partial charge is 0.481 e.